The molecule has 2 rings (SSSR count). The van der Waals surface area contributed by atoms with Gasteiger partial charge >= 0.3 is 0 Å². The number of halogens is 1. The van der Waals surface area contributed by atoms with Crippen LogP contribution in [0.25, 0.3) is 0 Å². The van der Waals surface area contributed by atoms with Crippen molar-refractivity contribution in [1.82, 2.24) is 5.43 Å². The van der Waals surface area contributed by atoms with Crippen molar-refractivity contribution in [2.24, 2.45) is 5.10 Å². The lowest BCUT2D eigenvalue weighted by molar-refractivity contribution is -0.123. The number of carbonyl (C=O) groups excluding carboxylic acids is 1. The maximum atomic E-state index is 12.1. The summed E-state index contributed by atoms with van der Waals surface area (Å²) >= 11 is 3.45. The van der Waals surface area contributed by atoms with Crippen LogP contribution in [0.4, 0.5) is 0 Å². The van der Waals surface area contributed by atoms with Gasteiger partial charge in [-0.1, -0.05) is 35.8 Å². The van der Waals surface area contributed by atoms with E-state index in [-0.39, 0.29) is 18.4 Å². The molecule has 0 heterocycles. The van der Waals surface area contributed by atoms with E-state index in [0.29, 0.717) is 29.4 Å². The van der Waals surface area contributed by atoms with Gasteiger partial charge in [-0.25, -0.2) is 5.43 Å². The Morgan fingerprint density at radius 2 is 2.00 bits per heavy atom. The van der Waals surface area contributed by atoms with Gasteiger partial charge in [-0.2, -0.15) is 5.10 Å². The van der Waals surface area contributed by atoms with Gasteiger partial charge in [0.25, 0.3) is 5.91 Å². The highest BCUT2D eigenvalue weighted by molar-refractivity contribution is 9.10. The van der Waals surface area contributed by atoms with Crippen LogP contribution in [0, 0.1) is 0 Å². The number of nitrogens with zero attached hydrogens (tertiary/aromatic N) is 1. The molecule has 0 atom stereocenters. The van der Waals surface area contributed by atoms with E-state index in [1.807, 2.05) is 37.3 Å². The number of para-hydroxylation sites is 1. The van der Waals surface area contributed by atoms with Crippen molar-refractivity contribution >= 4 is 28.1 Å². The molecule has 0 bridgehead atoms. The van der Waals surface area contributed by atoms with E-state index in [1.54, 1.807) is 13.2 Å². The average molecular weight is 449 g/mol. The summed E-state index contributed by atoms with van der Waals surface area (Å²) in [5.41, 5.74) is 4.21. The van der Waals surface area contributed by atoms with Crippen LogP contribution in [-0.4, -0.2) is 32.4 Å². The first kappa shape index (κ1) is 21.8. The second-order valence-electron chi connectivity index (χ2n) is 6.23. The summed E-state index contributed by atoms with van der Waals surface area (Å²) in [6.07, 6.45) is 1.52. The summed E-state index contributed by atoms with van der Waals surface area (Å²) in [6.45, 7) is 6.40. The van der Waals surface area contributed by atoms with Crippen molar-refractivity contribution in [2.75, 3.05) is 20.3 Å². The van der Waals surface area contributed by atoms with Crippen LogP contribution in [0.15, 0.2) is 46.0 Å². The highest BCUT2D eigenvalue weighted by atomic mass is 79.9. The molecule has 1 amide bonds. The zero-order valence-electron chi connectivity index (χ0n) is 16.5. The Hall–Kier alpha value is -2.54. The van der Waals surface area contributed by atoms with Crippen molar-refractivity contribution in [1.29, 1.82) is 0 Å². The molecule has 0 spiro atoms. The fraction of sp³-hybridized carbons (Fsp3) is 0.333. The zero-order chi connectivity index (χ0) is 20.5. The molecule has 2 aromatic carbocycles. The minimum Gasteiger partial charge on any atom is -0.493 e. The SMILES string of the molecule is CCOc1c(/C=N/NC(=O)COc2ccc(Br)cc2C(C)C)cccc1OC. The van der Waals surface area contributed by atoms with E-state index in [9.17, 15) is 4.79 Å². The third-order valence-electron chi connectivity index (χ3n) is 3.86. The Kier molecular flexibility index (Phi) is 8.32. The maximum Gasteiger partial charge on any atom is 0.277 e. The molecule has 0 aliphatic heterocycles. The number of ether oxygens (including phenoxy) is 3. The van der Waals surface area contributed by atoms with Crippen LogP contribution in [0.3, 0.4) is 0 Å². The summed E-state index contributed by atoms with van der Waals surface area (Å²) in [5, 5.41) is 4.00. The predicted octanol–water partition coefficient (Wildman–Crippen LogP) is 4.51. The summed E-state index contributed by atoms with van der Waals surface area (Å²) in [6, 6.07) is 11.2. The summed E-state index contributed by atoms with van der Waals surface area (Å²) < 4.78 is 17.5. The fourth-order valence-corrected chi connectivity index (χ4v) is 2.92. The van der Waals surface area contributed by atoms with Crippen molar-refractivity contribution < 1.29 is 19.0 Å². The number of amides is 1. The van der Waals surface area contributed by atoms with Gasteiger partial charge in [-0.05, 0) is 48.7 Å². The lowest BCUT2D eigenvalue weighted by Gasteiger charge is -2.14. The van der Waals surface area contributed by atoms with Gasteiger partial charge in [0.15, 0.2) is 18.1 Å². The molecule has 0 aromatic heterocycles. The smallest absolute Gasteiger partial charge is 0.277 e. The van der Waals surface area contributed by atoms with Crippen molar-refractivity contribution in [3.05, 3.63) is 52.0 Å². The van der Waals surface area contributed by atoms with Gasteiger partial charge < -0.3 is 14.2 Å². The van der Waals surface area contributed by atoms with Gasteiger partial charge in [0, 0.05) is 10.0 Å². The molecule has 0 unspecified atom stereocenters. The van der Waals surface area contributed by atoms with Gasteiger partial charge in [-0.15, -0.1) is 0 Å². The molecule has 28 heavy (non-hydrogen) atoms. The van der Waals surface area contributed by atoms with Crippen LogP contribution >= 0.6 is 15.9 Å². The summed E-state index contributed by atoms with van der Waals surface area (Å²) in [7, 11) is 1.57. The number of benzene rings is 2. The molecule has 0 saturated carbocycles. The highest BCUT2D eigenvalue weighted by Gasteiger charge is 2.11. The van der Waals surface area contributed by atoms with Gasteiger partial charge in [0.2, 0.25) is 0 Å². The van der Waals surface area contributed by atoms with E-state index < -0.39 is 0 Å². The summed E-state index contributed by atoms with van der Waals surface area (Å²) in [4.78, 5) is 12.1. The predicted molar refractivity (Wildman–Crippen MR) is 114 cm³/mol. The van der Waals surface area contributed by atoms with E-state index in [1.165, 1.54) is 6.21 Å². The largest absolute Gasteiger partial charge is 0.493 e. The van der Waals surface area contributed by atoms with Crippen LogP contribution in [0.1, 0.15) is 37.8 Å². The lowest BCUT2D eigenvalue weighted by Crippen LogP contribution is -2.25. The van der Waals surface area contributed by atoms with Crippen LogP contribution in [0.2, 0.25) is 0 Å². The van der Waals surface area contributed by atoms with E-state index in [4.69, 9.17) is 14.2 Å². The molecule has 6 nitrogen and oxygen atoms in total. The van der Waals surface area contributed by atoms with Gasteiger partial charge in [-0.3, -0.25) is 4.79 Å². The number of hydrazone groups is 1. The third kappa shape index (κ3) is 5.99. The number of hydrogen-bond acceptors (Lipinski definition) is 5. The Bertz CT molecular complexity index is 837. The first-order valence-corrected chi connectivity index (χ1v) is 9.79. The molecule has 2 aromatic rings. The Morgan fingerprint density at radius 1 is 1.21 bits per heavy atom. The molecular formula is C21H25BrN2O4. The number of carbonyl (C=O) groups is 1. The van der Waals surface area contributed by atoms with Crippen LogP contribution in [0.5, 0.6) is 17.2 Å². The molecule has 0 radical (unpaired) electrons. The lowest BCUT2D eigenvalue weighted by atomic mass is 10.0. The fourth-order valence-electron chi connectivity index (χ4n) is 2.55. The molecule has 0 fully saturated rings. The van der Waals surface area contributed by atoms with E-state index in [2.05, 4.69) is 40.3 Å². The minimum atomic E-state index is -0.352. The second-order valence-corrected chi connectivity index (χ2v) is 7.15. The molecular weight excluding hydrogens is 424 g/mol. The monoisotopic (exact) mass is 448 g/mol. The molecule has 150 valence electrons. The standard InChI is InChI=1S/C21H25BrN2O4/c1-5-27-21-15(7-6-8-19(21)26-4)12-23-24-20(25)13-28-18-10-9-16(22)11-17(18)14(2)3/h6-12,14H,5,13H2,1-4H3,(H,24,25)/b23-12+. The number of hydrogen-bond donors (Lipinski definition) is 1. The third-order valence-corrected chi connectivity index (χ3v) is 4.36. The van der Waals surface area contributed by atoms with E-state index in [0.717, 1.165) is 10.0 Å². The first-order valence-electron chi connectivity index (χ1n) is 9.00. The molecule has 0 aliphatic carbocycles. The molecule has 0 aliphatic rings. The number of methoxy groups -OCH3 is 1. The van der Waals surface area contributed by atoms with Crippen molar-refractivity contribution in [2.45, 2.75) is 26.7 Å². The van der Waals surface area contributed by atoms with Crippen molar-refractivity contribution in [3.63, 3.8) is 0 Å². The normalized spacial score (nSPS) is 10.9. The van der Waals surface area contributed by atoms with Gasteiger partial charge in [0.1, 0.15) is 5.75 Å². The highest BCUT2D eigenvalue weighted by Crippen LogP contribution is 2.30. The van der Waals surface area contributed by atoms with Crippen LogP contribution < -0.4 is 19.6 Å². The van der Waals surface area contributed by atoms with Gasteiger partial charge in [0.05, 0.1) is 19.9 Å². The zero-order valence-corrected chi connectivity index (χ0v) is 18.1. The van der Waals surface area contributed by atoms with E-state index >= 15 is 0 Å². The number of nitrogens with one attached hydrogen (secondary N) is 1. The minimum absolute atomic E-state index is 0.130. The molecule has 7 heteroatoms. The first-order chi connectivity index (χ1) is 13.5. The Balaban J connectivity index is 1.98. The summed E-state index contributed by atoms with van der Waals surface area (Å²) in [5.74, 6) is 1.80. The number of rotatable bonds is 9. The topological polar surface area (TPSA) is 69.2 Å². The maximum absolute atomic E-state index is 12.1. The Morgan fingerprint density at radius 3 is 2.68 bits per heavy atom. The quantitative estimate of drug-likeness (QED) is 0.452. The van der Waals surface area contributed by atoms with Crippen LogP contribution in [-0.2, 0) is 4.79 Å². The molecule has 1 N–H and O–H groups in total. The van der Waals surface area contributed by atoms with Crippen molar-refractivity contribution in [3.8, 4) is 17.2 Å². The average Bonchev–Trinajstić information content (AvgIpc) is 2.68. The second kappa shape index (κ2) is 10.7. The molecule has 0 saturated heterocycles. The Labute approximate surface area is 174 Å².